The van der Waals surface area contributed by atoms with Crippen LogP contribution in [0.15, 0.2) is 235 Å². The number of anilines is 3. The smallest absolute Gasteiger partial charge is 0.136 e. The summed E-state index contributed by atoms with van der Waals surface area (Å²) in [7, 11) is 0. The normalized spacial score (nSPS) is 11.6. The maximum Gasteiger partial charge on any atom is 0.136 e. The summed E-state index contributed by atoms with van der Waals surface area (Å²) in [6.45, 7) is 0. The minimum absolute atomic E-state index is 0.880. The lowest BCUT2D eigenvalue weighted by Crippen LogP contribution is -2.11. The second kappa shape index (κ2) is 14.3. The third-order valence-electron chi connectivity index (χ3n) is 12.2. The van der Waals surface area contributed by atoms with Crippen LogP contribution in [0.3, 0.4) is 0 Å². The summed E-state index contributed by atoms with van der Waals surface area (Å²) in [5.74, 6) is 0. The van der Waals surface area contributed by atoms with E-state index >= 15 is 0 Å². The van der Waals surface area contributed by atoms with Gasteiger partial charge < -0.3 is 13.9 Å². The minimum Gasteiger partial charge on any atom is -0.456 e. The van der Waals surface area contributed by atoms with E-state index in [0.717, 1.165) is 66.9 Å². The molecule has 0 atom stereocenters. The second-order valence-corrected chi connectivity index (χ2v) is 15.7. The lowest BCUT2D eigenvalue weighted by molar-refractivity contribution is 0.669. The highest BCUT2D eigenvalue weighted by Gasteiger charge is 2.22. The van der Waals surface area contributed by atoms with Crippen molar-refractivity contribution < 1.29 is 4.42 Å². The standard InChI is InChI=1S/C58H38N2O/c1-2-14-39(15-3-1)40-28-33-44(34-29-40)59(52-24-9-8-22-50(52)51-23-13-27-55-58(51)57-47-19-5-4-16-42(47)32-37-56(57)61-55)45-35-30-41(31-36-45)43-17-12-18-46(38-43)60-53-25-10-6-20-48(53)49-21-7-11-26-54(49)60/h1-38H. The number of hydrogen-bond acceptors (Lipinski definition) is 2. The Morgan fingerprint density at radius 1 is 0.344 bits per heavy atom. The molecule has 0 N–H and O–H groups in total. The maximum atomic E-state index is 6.56. The van der Waals surface area contributed by atoms with Gasteiger partial charge in [0.1, 0.15) is 11.2 Å². The number of furan rings is 1. The topological polar surface area (TPSA) is 21.3 Å². The predicted octanol–water partition coefficient (Wildman–Crippen LogP) is 16.3. The summed E-state index contributed by atoms with van der Waals surface area (Å²) in [6, 6.07) is 82.8. The molecule has 12 rings (SSSR count). The summed E-state index contributed by atoms with van der Waals surface area (Å²) in [5, 5.41) is 7.17. The molecule has 10 aromatic carbocycles. The predicted molar refractivity (Wildman–Crippen MR) is 257 cm³/mol. The summed E-state index contributed by atoms with van der Waals surface area (Å²) in [5.41, 5.74) is 15.5. The van der Waals surface area contributed by atoms with E-state index in [2.05, 4.69) is 240 Å². The number of fused-ring (bicyclic) bond motifs is 8. The monoisotopic (exact) mass is 778 g/mol. The van der Waals surface area contributed by atoms with Crippen LogP contribution in [0.4, 0.5) is 17.1 Å². The van der Waals surface area contributed by atoms with Crippen molar-refractivity contribution in [3.05, 3.63) is 231 Å². The molecule has 286 valence electrons. The molecule has 0 saturated carbocycles. The Morgan fingerprint density at radius 2 is 0.885 bits per heavy atom. The summed E-state index contributed by atoms with van der Waals surface area (Å²) in [6.07, 6.45) is 0. The maximum absolute atomic E-state index is 6.56. The lowest BCUT2D eigenvalue weighted by atomic mass is 9.95. The van der Waals surface area contributed by atoms with Crippen molar-refractivity contribution in [2.45, 2.75) is 0 Å². The van der Waals surface area contributed by atoms with E-state index in [9.17, 15) is 0 Å². The first-order chi connectivity index (χ1) is 30.3. The molecule has 0 aliphatic heterocycles. The molecule has 0 fully saturated rings. The van der Waals surface area contributed by atoms with Crippen LogP contribution in [0, 0.1) is 0 Å². The van der Waals surface area contributed by atoms with Crippen molar-refractivity contribution in [1.29, 1.82) is 0 Å². The van der Waals surface area contributed by atoms with Crippen molar-refractivity contribution in [1.82, 2.24) is 4.57 Å². The molecule has 0 aliphatic rings. The Morgan fingerprint density at radius 3 is 1.62 bits per heavy atom. The average molecular weight is 779 g/mol. The largest absolute Gasteiger partial charge is 0.456 e. The average Bonchev–Trinajstić information content (AvgIpc) is 3.89. The fourth-order valence-corrected chi connectivity index (χ4v) is 9.40. The molecule has 0 unspecified atom stereocenters. The van der Waals surface area contributed by atoms with Crippen molar-refractivity contribution in [3.63, 3.8) is 0 Å². The van der Waals surface area contributed by atoms with Crippen LogP contribution < -0.4 is 4.90 Å². The SMILES string of the molecule is c1ccc(-c2ccc(N(c3ccc(-c4cccc(-n5c6ccccc6c6ccccc65)c4)cc3)c3ccccc3-c3cccc4oc5ccc6ccccc6c5c34)cc2)cc1. The first kappa shape index (κ1) is 34.9. The van der Waals surface area contributed by atoms with Crippen LogP contribution in [-0.4, -0.2) is 4.57 Å². The van der Waals surface area contributed by atoms with E-state index in [1.807, 2.05) is 0 Å². The first-order valence-corrected chi connectivity index (χ1v) is 20.8. The molecule has 3 nitrogen and oxygen atoms in total. The Kier molecular flexibility index (Phi) is 8.17. The molecular weight excluding hydrogens is 741 g/mol. The van der Waals surface area contributed by atoms with Crippen molar-refractivity contribution in [2.75, 3.05) is 4.90 Å². The lowest BCUT2D eigenvalue weighted by Gasteiger charge is -2.28. The zero-order valence-electron chi connectivity index (χ0n) is 33.2. The van der Waals surface area contributed by atoms with E-state index in [1.54, 1.807) is 0 Å². The zero-order chi connectivity index (χ0) is 40.3. The Hall–Kier alpha value is -8.14. The van der Waals surface area contributed by atoms with E-state index in [1.165, 1.54) is 43.7 Å². The summed E-state index contributed by atoms with van der Waals surface area (Å²) in [4.78, 5) is 2.39. The van der Waals surface area contributed by atoms with Crippen molar-refractivity contribution >= 4 is 71.6 Å². The fraction of sp³-hybridized carbons (Fsp3) is 0. The highest BCUT2D eigenvalue weighted by molar-refractivity contribution is 6.23. The van der Waals surface area contributed by atoms with Crippen LogP contribution in [0.25, 0.3) is 93.6 Å². The van der Waals surface area contributed by atoms with E-state index in [0.29, 0.717) is 0 Å². The second-order valence-electron chi connectivity index (χ2n) is 15.7. The van der Waals surface area contributed by atoms with Gasteiger partial charge in [-0.1, -0.05) is 164 Å². The molecule has 3 heteroatoms. The number of benzene rings is 10. The van der Waals surface area contributed by atoms with Crippen molar-refractivity contribution in [3.8, 4) is 39.1 Å². The summed E-state index contributed by atoms with van der Waals surface area (Å²) >= 11 is 0. The van der Waals surface area contributed by atoms with Crippen LogP contribution in [0.5, 0.6) is 0 Å². The van der Waals surface area contributed by atoms with Crippen LogP contribution in [0.2, 0.25) is 0 Å². The number of para-hydroxylation sites is 3. The Bertz CT molecular complexity index is 3520. The Balaban J connectivity index is 1.01. The van der Waals surface area contributed by atoms with E-state index in [4.69, 9.17) is 4.42 Å². The van der Waals surface area contributed by atoms with Crippen molar-refractivity contribution in [2.24, 2.45) is 0 Å². The quantitative estimate of drug-likeness (QED) is 0.161. The third kappa shape index (κ3) is 5.82. The first-order valence-electron chi connectivity index (χ1n) is 20.8. The van der Waals surface area contributed by atoms with Crippen LogP contribution in [-0.2, 0) is 0 Å². The fourth-order valence-electron chi connectivity index (χ4n) is 9.40. The van der Waals surface area contributed by atoms with Crippen LogP contribution >= 0.6 is 0 Å². The zero-order valence-corrected chi connectivity index (χ0v) is 33.2. The molecule has 2 aromatic heterocycles. The van der Waals surface area contributed by atoms with Gasteiger partial charge in [-0.2, -0.15) is 0 Å². The molecule has 0 aliphatic carbocycles. The molecule has 2 heterocycles. The highest BCUT2D eigenvalue weighted by atomic mass is 16.3. The summed E-state index contributed by atoms with van der Waals surface area (Å²) < 4.78 is 8.94. The van der Waals surface area contributed by atoms with Gasteiger partial charge in [0.15, 0.2) is 0 Å². The molecule has 0 saturated heterocycles. The number of nitrogens with zero attached hydrogens (tertiary/aromatic N) is 2. The van der Waals surface area contributed by atoms with Gasteiger partial charge in [-0.15, -0.1) is 0 Å². The third-order valence-corrected chi connectivity index (χ3v) is 12.2. The Labute approximate surface area is 353 Å². The van der Waals surface area contributed by atoms with Gasteiger partial charge >= 0.3 is 0 Å². The van der Waals surface area contributed by atoms with Gasteiger partial charge in [0, 0.05) is 44.2 Å². The van der Waals surface area contributed by atoms with E-state index in [-0.39, 0.29) is 0 Å². The van der Waals surface area contributed by atoms with E-state index < -0.39 is 0 Å². The molecule has 0 spiro atoms. The molecule has 0 radical (unpaired) electrons. The highest BCUT2D eigenvalue weighted by Crippen LogP contribution is 2.46. The number of aromatic nitrogens is 1. The van der Waals surface area contributed by atoms with Gasteiger partial charge in [0.05, 0.1) is 16.7 Å². The molecule has 61 heavy (non-hydrogen) atoms. The molecule has 0 amide bonds. The molecule has 0 bridgehead atoms. The minimum atomic E-state index is 0.880. The molecule has 12 aromatic rings. The van der Waals surface area contributed by atoms with Gasteiger partial charge in [-0.05, 0) is 105 Å². The van der Waals surface area contributed by atoms with Gasteiger partial charge in [0.2, 0.25) is 0 Å². The van der Waals surface area contributed by atoms with Gasteiger partial charge in [-0.3, -0.25) is 0 Å². The van der Waals surface area contributed by atoms with Crippen LogP contribution in [0.1, 0.15) is 0 Å². The number of rotatable bonds is 7. The molecular formula is C58H38N2O. The van der Waals surface area contributed by atoms with Gasteiger partial charge in [0.25, 0.3) is 0 Å². The number of hydrogen-bond donors (Lipinski definition) is 0. The van der Waals surface area contributed by atoms with Gasteiger partial charge in [-0.25, -0.2) is 0 Å².